The third-order valence-corrected chi connectivity index (χ3v) is 4.48. The van der Waals surface area contributed by atoms with E-state index in [0.29, 0.717) is 12.6 Å². The summed E-state index contributed by atoms with van der Waals surface area (Å²) in [5, 5.41) is 9.73. The highest BCUT2D eigenvalue weighted by atomic mass is 16.3. The molecule has 2 heteroatoms. The number of aryl methyl sites for hydroxylation is 3. The second kappa shape index (κ2) is 4.67. The molecule has 2 nitrogen and oxygen atoms in total. The number of benzene rings is 1. The minimum Gasteiger partial charge on any atom is -0.396 e. The normalized spacial score (nSPS) is 19.1. The van der Waals surface area contributed by atoms with E-state index >= 15 is 0 Å². The average molecular weight is 247 g/mol. The van der Waals surface area contributed by atoms with E-state index in [1.54, 1.807) is 0 Å². The minimum absolute atomic E-state index is 0.0932. The van der Waals surface area contributed by atoms with Gasteiger partial charge in [-0.15, -0.1) is 0 Å². The summed E-state index contributed by atoms with van der Waals surface area (Å²) in [6.07, 6.45) is 2.28. The van der Waals surface area contributed by atoms with Crippen molar-refractivity contribution in [3.05, 3.63) is 34.4 Å². The Labute approximate surface area is 111 Å². The Balaban J connectivity index is 2.47. The second-order valence-electron chi connectivity index (χ2n) is 6.18. The van der Waals surface area contributed by atoms with Crippen LogP contribution in [0.25, 0.3) is 0 Å². The Bertz CT molecular complexity index is 447. The molecule has 1 saturated carbocycles. The van der Waals surface area contributed by atoms with E-state index < -0.39 is 0 Å². The van der Waals surface area contributed by atoms with E-state index in [2.05, 4.69) is 51.9 Å². The van der Waals surface area contributed by atoms with E-state index in [1.807, 2.05) is 0 Å². The van der Waals surface area contributed by atoms with Gasteiger partial charge in [0.2, 0.25) is 0 Å². The van der Waals surface area contributed by atoms with Crippen LogP contribution in [0.15, 0.2) is 12.1 Å². The number of nitrogens with zero attached hydrogens (tertiary/aromatic N) is 1. The number of aliphatic hydroxyl groups excluding tert-OH is 1. The van der Waals surface area contributed by atoms with Crippen LogP contribution in [0.5, 0.6) is 0 Å². The fraction of sp³-hybridized carbons (Fsp3) is 0.625. The molecule has 1 unspecified atom stereocenters. The van der Waals surface area contributed by atoms with Gasteiger partial charge in [-0.3, -0.25) is 0 Å². The second-order valence-corrected chi connectivity index (χ2v) is 6.18. The van der Waals surface area contributed by atoms with E-state index in [1.165, 1.54) is 22.3 Å². The molecule has 1 aromatic carbocycles. The first-order valence-electron chi connectivity index (χ1n) is 6.76. The predicted molar refractivity (Wildman–Crippen MR) is 75.8 cm³/mol. The van der Waals surface area contributed by atoms with Gasteiger partial charge in [0.25, 0.3) is 0 Å². The first-order chi connectivity index (χ1) is 8.41. The molecule has 1 atom stereocenters. The van der Waals surface area contributed by atoms with Crippen molar-refractivity contribution in [2.45, 2.75) is 39.7 Å². The molecule has 0 aromatic heterocycles. The van der Waals surface area contributed by atoms with Crippen LogP contribution in [0.1, 0.15) is 41.1 Å². The third-order valence-electron chi connectivity index (χ3n) is 4.48. The van der Waals surface area contributed by atoms with Crippen LogP contribution in [0.2, 0.25) is 0 Å². The lowest BCUT2D eigenvalue weighted by atomic mass is 9.85. The molecule has 1 aliphatic carbocycles. The van der Waals surface area contributed by atoms with Gasteiger partial charge in [-0.05, 0) is 70.0 Å². The lowest BCUT2D eigenvalue weighted by Crippen LogP contribution is -2.31. The Hall–Kier alpha value is -0.860. The lowest BCUT2D eigenvalue weighted by Gasteiger charge is -2.33. The van der Waals surface area contributed by atoms with Gasteiger partial charge in [0.15, 0.2) is 0 Å². The summed E-state index contributed by atoms with van der Waals surface area (Å²) in [6.45, 7) is 6.81. The number of rotatable bonds is 4. The largest absolute Gasteiger partial charge is 0.396 e. The molecular formula is C16H25NO. The van der Waals surface area contributed by atoms with Gasteiger partial charge in [-0.2, -0.15) is 0 Å². The minimum atomic E-state index is 0.0932. The summed E-state index contributed by atoms with van der Waals surface area (Å²) in [6, 6.07) is 4.92. The molecule has 0 aliphatic heterocycles. The summed E-state index contributed by atoms with van der Waals surface area (Å²) in [5.41, 5.74) is 5.51. The summed E-state index contributed by atoms with van der Waals surface area (Å²) in [4.78, 5) is 2.26. The van der Waals surface area contributed by atoms with Crippen molar-refractivity contribution in [1.29, 1.82) is 0 Å². The van der Waals surface area contributed by atoms with Gasteiger partial charge >= 0.3 is 0 Å². The zero-order valence-electron chi connectivity index (χ0n) is 12.2. The fourth-order valence-electron chi connectivity index (χ4n) is 3.11. The number of hydrogen-bond acceptors (Lipinski definition) is 2. The molecule has 0 heterocycles. The topological polar surface area (TPSA) is 23.5 Å². The van der Waals surface area contributed by atoms with Gasteiger partial charge in [0, 0.05) is 11.5 Å². The average Bonchev–Trinajstić information content (AvgIpc) is 3.06. The van der Waals surface area contributed by atoms with Crippen LogP contribution < -0.4 is 0 Å². The number of aliphatic hydroxyl groups is 1. The molecule has 0 bridgehead atoms. The van der Waals surface area contributed by atoms with Crippen molar-refractivity contribution in [3.8, 4) is 0 Å². The predicted octanol–water partition coefficient (Wildman–Crippen LogP) is 2.99. The van der Waals surface area contributed by atoms with Gasteiger partial charge < -0.3 is 10.0 Å². The molecule has 0 amide bonds. The quantitative estimate of drug-likeness (QED) is 0.884. The summed E-state index contributed by atoms with van der Waals surface area (Å²) < 4.78 is 0. The van der Waals surface area contributed by atoms with E-state index in [9.17, 15) is 5.11 Å². The smallest absolute Gasteiger partial charge is 0.0505 e. The van der Waals surface area contributed by atoms with Gasteiger partial charge in [-0.1, -0.05) is 12.1 Å². The van der Waals surface area contributed by atoms with Gasteiger partial charge in [0.1, 0.15) is 0 Å². The van der Waals surface area contributed by atoms with Crippen LogP contribution in [0.3, 0.4) is 0 Å². The first kappa shape index (κ1) is 13.6. The summed E-state index contributed by atoms with van der Waals surface area (Å²) in [5.74, 6) is 0. The highest BCUT2D eigenvalue weighted by Gasteiger charge is 2.50. The van der Waals surface area contributed by atoms with Crippen LogP contribution >= 0.6 is 0 Å². The SMILES string of the molecule is Cc1cc(C)c(C(N(C)C)C2(CO)CC2)cc1C. The van der Waals surface area contributed by atoms with E-state index in [-0.39, 0.29) is 5.41 Å². The highest BCUT2D eigenvalue weighted by molar-refractivity contribution is 5.40. The molecule has 0 saturated heterocycles. The van der Waals surface area contributed by atoms with Crippen LogP contribution in [-0.2, 0) is 0 Å². The van der Waals surface area contributed by atoms with E-state index in [0.717, 1.165) is 12.8 Å². The van der Waals surface area contributed by atoms with Crippen LogP contribution in [0.4, 0.5) is 0 Å². The molecule has 1 fully saturated rings. The van der Waals surface area contributed by atoms with Crippen LogP contribution in [0, 0.1) is 26.2 Å². The van der Waals surface area contributed by atoms with Crippen LogP contribution in [-0.4, -0.2) is 30.7 Å². The molecule has 1 N–H and O–H groups in total. The maximum absolute atomic E-state index is 9.73. The molecule has 2 rings (SSSR count). The number of hydrogen-bond donors (Lipinski definition) is 1. The molecule has 0 radical (unpaired) electrons. The molecule has 0 spiro atoms. The molecule has 1 aliphatic rings. The molecular weight excluding hydrogens is 222 g/mol. The van der Waals surface area contributed by atoms with Crippen molar-refractivity contribution in [2.75, 3.05) is 20.7 Å². The molecule has 100 valence electrons. The monoisotopic (exact) mass is 247 g/mol. The first-order valence-corrected chi connectivity index (χ1v) is 6.76. The lowest BCUT2D eigenvalue weighted by molar-refractivity contribution is 0.115. The highest BCUT2D eigenvalue weighted by Crippen LogP contribution is 2.56. The van der Waals surface area contributed by atoms with Crippen molar-refractivity contribution in [2.24, 2.45) is 5.41 Å². The fourth-order valence-corrected chi connectivity index (χ4v) is 3.11. The summed E-state index contributed by atoms with van der Waals surface area (Å²) in [7, 11) is 4.24. The Morgan fingerprint density at radius 2 is 1.67 bits per heavy atom. The van der Waals surface area contributed by atoms with Gasteiger partial charge in [0.05, 0.1) is 6.61 Å². The maximum atomic E-state index is 9.73. The molecule has 18 heavy (non-hydrogen) atoms. The summed E-state index contributed by atoms with van der Waals surface area (Å²) >= 11 is 0. The third kappa shape index (κ3) is 2.19. The van der Waals surface area contributed by atoms with Crippen molar-refractivity contribution in [3.63, 3.8) is 0 Å². The zero-order valence-corrected chi connectivity index (χ0v) is 12.2. The maximum Gasteiger partial charge on any atom is 0.0505 e. The Morgan fingerprint density at radius 3 is 2.11 bits per heavy atom. The molecule has 1 aromatic rings. The zero-order chi connectivity index (χ0) is 13.5. The van der Waals surface area contributed by atoms with E-state index in [4.69, 9.17) is 0 Å². The van der Waals surface area contributed by atoms with Crippen molar-refractivity contribution < 1.29 is 5.11 Å². The van der Waals surface area contributed by atoms with Gasteiger partial charge in [-0.25, -0.2) is 0 Å². The van der Waals surface area contributed by atoms with Crippen molar-refractivity contribution >= 4 is 0 Å². The Morgan fingerprint density at radius 1 is 1.11 bits per heavy atom. The van der Waals surface area contributed by atoms with Crippen molar-refractivity contribution in [1.82, 2.24) is 4.90 Å². The standard InChI is InChI=1S/C16H25NO/c1-11-8-13(3)14(9-12(11)2)15(17(4)5)16(10-18)6-7-16/h8-9,15,18H,6-7,10H2,1-5H3. The Kier molecular flexibility index (Phi) is 3.52.